The van der Waals surface area contributed by atoms with Crippen molar-refractivity contribution in [2.24, 2.45) is 11.7 Å². The topological polar surface area (TPSA) is 46.3 Å². The maximum Gasteiger partial charge on any atom is 0.227 e. The molecule has 1 amide bonds. The quantitative estimate of drug-likeness (QED) is 0.855. The standard InChI is InChI=1S/C16H24N2O/c1-13-6-2-3-9-15(13)18(11-5-10-17)16(19)12-14-7-4-8-14/h2-3,6,9,14H,4-5,7-8,10-12,17H2,1H3. The summed E-state index contributed by atoms with van der Waals surface area (Å²) < 4.78 is 0. The van der Waals surface area contributed by atoms with Gasteiger partial charge in [0.25, 0.3) is 0 Å². The van der Waals surface area contributed by atoms with E-state index in [0.717, 1.165) is 24.2 Å². The number of benzene rings is 1. The Morgan fingerprint density at radius 3 is 2.68 bits per heavy atom. The first-order valence-electron chi connectivity index (χ1n) is 7.28. The number of nitrogens with two attached hydrogens (primary N) is 1. The van der Waals surface area contributed by atoms with E-state index in [1.165, 1.54) is 19.3 Å². The highest BCUT2D eigenvalue weighted by Gasteiger charge is 2.24. The van der Waals surface area contributed by atoms with Crippen molar-refractivity contribution in [1.82, 2.24) is 0 Å². The van der Waals surface area contributed by atoms with Crippen molar-refractivity contribution in [3.05, 3.63) is 29.8 Å². The highest BCUT2D eigenvalue weighted by atomic mass is 16.2. The first-order valence-corrected chi connectivity index (χ1v) is 7.28. The molecule has 0 saturated heterocycles. The molecule has 0 radical (unpaired) electrons. The molecule has 3 heteroatoms. The molecule has 104 valence electrons. The molecule has 1 saturated carbocycles. The number of hydrogen-bond donors (Lipinski definition) is 1. The fraction of sp³-hybridized carbons (Fsp3) is 0.562. The zero-order chi connectivity index (χ0) is 13.7. The molecule has 19 heavy (non-hydrogen) atoms. The number of para-hydroxylation sites is 1. The summed E-state index contributed by atoms with van der Waals surface area (Å²) in [5, 5.41) is 0. The van der Waals surface area contributed by atoms with Gasteiger partial charge in [0.2, 0.25) is 5.91 Å². The van der Waals surface area contributed by atoms with Crippen LogP contribution in [-0.2, 0) is 4.79 Å². The molecule has 0 atom stereocenters. The first-order chi connectivity index (χ1) is 9.22. The fourth-order valence-corrected chi connectivity index (χ4v) is 2.55. The lowest BCUT2D eigenvalue weighted by molar-refractivity contribution is -0.120. The minimum Gasteiger partial charge on any atom is -0.330 e. The Morgan fingerprint density at radius 1 is 1.37 bits per heavy atom. The monoisotopic (exact) mass is 260 g/mol. The van der Waals surface area contributed by atoms with E-state index < -0.39 is 0 Å². The summed E-state index contributed by atoms with van der Waals surface area (Å²) >= 11 is 0. The third kappa shape index (κ3) is 3.57. The Hall–Kier alpha value is -1.35. The summed E-state index contributed by atoms with van der Waals surface area (Å²) in [6.45, 7) is 3.41. The highest BCUT2D eigenvalue weighted by Crippen LogP contribution is 2.31. The summed E-state index contributed by atoms with van der Waals surface area (Å²) in [5.41, 5.74) is 7.79. The Morgan fingerprint density at radius 2 is 2.11 bits per heavy atom. The Labute approximate surface area is 115 Å². The van der Waals surface area contributed by atoms with Crippen LogP contribution in [-0.4, -0.2) is 19.0 Å². The number of rotatable bonds is 6. The fourth-order valence-electron chi connectivity index (χ4n) is 2.55. The van der Waals surface area contributed by atoms with Gasteiger partial charge in [-0.15, -0.1) is 0 Å². The first kappa shape index (κ1) is 14.1. The number of anilines is 1. The van der Waals surface area contributed by atoms with Gasteiger partial charge in [0, 0.05) is 18.7 Å². The molecule has 1 fully saturated rings. The number of hydrogen-bond acceptors (Lipinski definition) is 2. The Balaban J connectivity index is 2.10. The summed E-state index contributed by atoms with van der Waals surface area (Å²) in [4.78, 5) is 14.4. The molecule has 0 spiro atoms. The molecular formula is C16H24N2O. The molecule has 2 rings (SSSR count). The van der Waals surface area contributed by atoms with Gasteiger partial charge in [-0.05, 0) is 50.3 Å². The van der Waals surface area contributed by atoms with Gasteiger partial charge in [-0.3, -0.25) is 4.79 Å². The third-order valence-corrected chi connectivity index (χ3v) is 3.98. The second kappa shape index (κ2) is 6.71. The molecular weight excluding hydrogens is 236 g/mol. The maximum absolute atomic E-state index is 12.5. The average molecular weight is 260 g/mol. The molecule has 1 aliphatic rings. The normalized spacial score (nSPS) is 15.1. The van der Waals surface area contributed by atoms with Crippen molar-refractivity contribution in [3.8, 4) is 0 Å². The molecule has 1 aliphatic carbocycles. The van der Waals surface area contributed by atoms with Gasteiger partial charge in [0.15, 0.2) is 0 Å². The predicted molar refractivity (Wildman–Crippen MR) is 79.2 cm³/mol. The minimum atomic E-state index is 0.257. The second-order valence-electron chi connectivity index (χ2n) is 5.48. The van der Waals surface area contributed by atoms with Crippen LogP contribution in [0.5, 0.6) is 0 Å². The highest BCUT2D eigenvalue weighted by molar-refractivity contribution is 5.94. The summed E-state index contributed by atoms with van der Waals surface area (Å²) in [7, 11) is 0. The lowest BCUT2D eigenvalue weighted by Crippen LogP contribution is -2.35. The number of carbonyl (C=O) groups is 1. The van der Waals surface area contributed by atoms with E-state index in [-0.39, 0.29) is 5.91 Å². The molecule has 3 nitrogen and oxygen atoms in total. The van der Waals surface area contributed by atoms with Crippen molar-refractivity contribution in [3.63, 3.8) is 0 Å². The molecule has 0 aliphatic heterocycles. The predicted octanol–water partition coefficient (Wildman–Crippen LogP) is 2.87. The van der Waals surface area contributed by atoms with Gasteiger partial charge >= 0.3 is 0 Å². The Kier molecular flexibility index (Phi) is 4.97. The summed E-state index contributed by atoms with van der Waals surface area (Å²) in [6, 6.07) is 8.09. The number of amides is 1. The SMILES string of the molecule is Cc1ccccc1N(CCCN)C(=O)CC1CCC1. The van der Waals surface area contributed by atoms with Crippen LogP contribution in [0, 0.1) is 12.8 Å². The van der Waals surface area contributed by atoms with Crippen LogP contribution in [0.15, 0.2) is 24.3 Å². The van der Waals surface area contributed by atoms with Gasteiger partial charge in [0.1, 0.15) is 0 Å². The molecule has 2 N–H and O–H groups in total. The van der Waals surface area contributed by atoms with Crippen LogP contribution in [0.4, 0.5) is 5.69 Å². The molecule has 0 aromatic heterocycles. The molecule has 1 aromatic carbocycles. The van der Waals surface area contributed by atoms with Crippen molar-refractivity contribution in [1.29, 1.82) is 0 Å². The summed E-state index contributed by atoms with van der Waals surface area (Å²) in [6.07, 6.45) is 5.25. The number of carbonyl (C=O) groups excluding carboxylic acids is 1. The van der Waals surface area contributed by atoms with E-state index in [0.29, 0.717) is 18.9 Å². The molecule has 0 unspecified atom stereocenters. The van der Waals surface area contributed by atoms with Gasteiger partial charge in [-0.1, -0.05) is 24.6 Å². The van der Waals surface area contributed by atoms with Crippen LogP contribution in [0.3, 0.4) is 0 Å². The summed E-state index contributed by atoms with van der Waals surface area (Å²) in [5.74, 6) is 0.865. The molecule has 1 aromatic rings. The van der Waals surface area contributed by atoms with Gasteiger partial charge in [-0.25, -0.2) is 0 Å². The minimum absolute atomic E-state index is 0.257. The van der Waals surface area contributed by atoms with Crippen molar-refractivity contribution < 1.29 is 4.79 Å². The lowest BCUT2D eigenvalue weighted by atomic mass is 9.82. The van der Waals surface area contributed by atoms with Crippen LogP contribution in [0.1, 0.15) is 37.7 Å². The van der Waals surface area contributed by atoms with Crippen molar-refractivity contribution in [2.45, 2.75) is 39.0 Å². The van der Waals surface area contributed by atoms with Crippen molar-refractivity contribution >= 4 is 11.6 Å². The van der Waals surface area contributed by atoms with Crippen LogP contribution in [0.2, 0.25) is 0 Å². The smallest absolute Gasteiger partial charge is 0.227 e. The maximum atomic E-state index is 12.5. The largest absolute Gasteiger partial charge is 0.330 e. The molecule has 0 bridgehead atoms. The Bertz CT molecular complexity index is 427. The van der Waals surface area contributed by atoms with E-state index in [1.54, 1.807) is 0 Å². The van der Waals surface area contributed by atoms with Crippen LogP contribution >= 0.6 is 0 Å². The van der Waals surface area contributed by atoms with E-state index in [2.05, 4.69) is 13.0 Å². The zero-order valence-corrected chi connectivity index (χ0v) is 11.8. The second-order valence-corrected chi connectivity index (χ2v) is 5.48. The van der Waals surface area contributed by atoms with E-state index in [4.69, 9.17) is 5.73 Å². The number of aryl methyl sites for hydroxylation is 1. The van der Waals surface area contributed by atoms with Crippen LogP contribution < -0.4 is 10.6 Å². The van der Waals surface area contributed by atoms with E-state index in [9.17, 15) is 4.79 Å². The van der Waals surface area contributed by atoms with Gasteiger partial charge in [0.05, 0.1) is 0 Å². The van der Waals surface area contributed by atoms with E-state index in [1.807, 2.05) is 23.1 Å². The van der Waals surface area contributed by atoms with Crippen molar-refractivity contribution in [2.75, 3.05) is 18.0 Å². The lowest BCUT2D eigenvalue weighted by Gasteiger charge is -2.30. The molecule has 0 heterocycles. The number of nitrogens with zero attached hydrogens (tertiary/aromatic N) is 1. The van der Waals surface area contributed by atoms with Crippen LogP contribution in [0.25, 0.3) is 0 Å². The average Bonchev–Trinajstić information content (AvgIpc) is 2.36. The van der Waals surface area contributed by atoms with Gasteiger partial charge < -0.3 is 10.6 Å². The van der Waals surface area contributed by atoms with E-state index >= 15 is 0 Å². The van der Waals surface area contributed by atoms with Gasteiger partial charge in [-0.2, -0.15) is 0 Å². The third-order valence-electron chi connectivity index (χ3n) is 3.98. The zero-order valence-electron chi connectivity index (χ0n) is 11.8.